The molecule has 0 radical (unpaired) electrons. The Morgan fingerprint density at radius 1 is 0.810 bits per heavy atom. The summed E-state index contributed by atoms with van der Waals surface area (Å²) >= 11 is 0. The van der Waals surface area contributed by atoms with E-state index in [0.29, 0.717) is 10.6 Å². The SMILES string of the molecule is O=P(c1ccccc1)(c1ccccc1)c1cnccc1F. The van der Waals surface area contributed by atoms with Crippen LogP contribution < -0.4 is 15.9 Å². The largest absolute Gasteiger partial charge is 0.308 e. The third kappa shape index (κ3) is 2.41. The maximum absolute atomic E-state index is 14.2. The minimum Gasteiger partial charge on any atom is -0.308 e. The molecular formula is C17H13FNOP. The van der Waals surface area contributed by atoms with Crippen molar-refractivity contribution in [1.82, 2.24) is 4.98 Å². The number of pyridine rings is 1. The number of aromatic nitrogens is 1. The molecule has 4 heteroatoms. The lowest BCUT2D eigenvalue weighted by Crippen LogP contribution is -2.27. The van der Waals surface area contributed by atoms with Gasteiger partial charge in [0.25, 0.3) is 0 Å². The van der Waals surface area contributed by atoms with Gasteiger partial charge >= 0.3 is 0 Å². The second-order valence-electron chi connectivity index (χ2n) is 4.61. The molecule has 104 valence electrons. The fourth-order valence-electron chi connectivity index (χ4n) is 2.30. The van der Waals surface area contributed by atoms with Gasteiger partial charge in [0, 0.05) is 23.0 Å². The molecule has 0 atom stereocenters. The highest BCUT2D eigenvalue weighted by atomic mass is 31.2. The topological polar surface area (TPSA) is 30.0 Å². The molecular weight excluding hydrogens is 284 g/mol. The van der Waals surface area contributed by atoms with Gasteiger partial charge < -0.3 is 4.57 Å². The number of hydrogen-bond acceptors (Lipinski definition) is 2. The Bertz CT molecular complexity index is 747. The van der Waals surface area contributed by atoms with Crippen molar-refractivity contribution in [2.24, 2.45) is 0 Å². The number of hydrogen-bond donors (Lipinski definition) is 0. The first-order valence-electron chi connectivity index (χ1n) is 6.54. The Balaban J connectivity index is 2.32. The summed E-state index contributed by atoms with van der Waals surface area (Å²) in [6.07, 6.45) is 2.72. The Morgan fingerprint density at radius 2 is 1.33 bits per heavy atom. The maximum Gasteiger partial charge on any atom is 0.175 e. The summed E-state index contributed by atoms with van der Waals surface area (Å²) < 4.78 is 28.0. The van der Waals surface area contributed by atoms with Crippen LogP contribution in [0.15, 0.2) is 79.1 Å². The van der Waals surface area contributed by atoms with Crippen LogP contribution in [0.25, 0.3) is 0 Å². The fraction of sp³-hybridized carbons (Fsp3) is 0. The van der Waals surface area contributed by atoms with Gasteiger partial charge in [-0.05, 0) is 6.07 Å². The molecule has 3 rings (SSSR count). The van der Waals surface area contributed by atoms with E-state index in [0.717, 1.165) is 0 Å². The summed E-state index contributed by atoms with van der Waals surface area (Å²) in [7, 11) is -3.25. The van der Waals surface area contributed by atoms with Gasteiger partial charge in [0.15, 0.2) is 7.14 Å². The van der Waals surface area contributed by atoms with Crippen LogP contribution in [0.4, 0.5) is 4.39 Å². The van der Waals surface area contributed by atoms with E-state index >= 15 is 0 Å². The van der Waals surface area contributed by atoms with Crippen LogP contribution in [0.3, 0.4) is 0 Å². The van der Waals surface area contributed by atoms with Crippen LogP contribution in [0.5, 0.6) is 0 Å². The summed E-state index contributed by atoms with van der Waals surface area (Å²) in [5, 5.41) is 1.34. The van der Waals surface area contributed by atoms with Gasteiger partial charge in [0.2, 0.25) is 0 Å². The Kier molecular flexibility index (Phi) is 3.68. The van der Waals surface area contributed by atoms with Crippen LogP contribution in [-0.4, -0.2) is 4.98 Å². The zero-order chi connectivity index (χ0) is 14.7. The predicted octanol–water partition coefficient (Wildman–Crippen LogP) is 2.86. The van der Waals surface area contributed by atoms with Gasteiger partial charge in [-0.3, -0.25) is 4.98 Å². The van der Waals surface area contributed by atoms with E-state index in [9.17, 15) is 8.96 Å². The van der Waals surface area contributed by atoms with Crippen molar-refractivity contribution in [2.45, 2.75) is 0 Å². The number of nitrogens with zero attached hydrogens (tertiary/aromatic N) is 1. The molecule has 2 nitrogen and oxygen atoms in total. The van der Waals surface area contributed by atoms with E-state index in [-0.39, 0.29) is 5.30 Å². The van der Waals surface area contributed by atoms with Crippen molar-refractivity contribution >= 4 is 23.1 Å². The molecule has 1 heterocycles. The van der Waals surface area contributed by atoms with E-state index in [1.165, 1.54) is 18.5 Å². The highest BCUT2D eigenvalue weighted by Gasteiger charge is 2.32. The monoisotopic (exact) mass is 297 g/mol. The van der Waals surface area contributed by atoms with Gasteiger partial charge in [-0.25, -0.2) is 4.39 Å². The highest BCUT2D eigenvalue weighted by molar-refractivity contribution is 7.85. The van der Waals surface area contributed by atoms with Crippen LogP contribution in [0.2, 0.25) is 0 Å². The van der Waals surface area contributed by atoms with Gasteiger partial charge in [-0.2, -0.15) is 0 Å². The minimum atomic E-state index is -3.25. The molecule has 0 aliphatic carbocycles. The van der Waals surface area contributed by atoms with Gasteiger partial charge in [-0.15, -0.1) is 0 Å². The smallest absolute Gasteiger partial charge is 0.175 e. The lowest BCUT2D eigenvalue weighted by molar-refractivity contribution is 0.588. The molecule has 21 heavy (non-hydrogen) atoms. The average Bonchev–Trinajstić information content (AvgIpc) is 2.56. The normalized spacial score (nSPS) is 11.3. The molecule has 0 N–H and O–H groups in total. The summed E-state index contributed by atoms with van der Waals surface area (Å²) in [6.45, 7) is 0. The standard InChI is InChI=1S/C17H13FNOP/c18-16-11-12-19-13-17(16)21(20,14-7-3-1-4-8-14)15-9-5-2-6-10-15/h1-13H. The molecule has 0 aliphatic heterocycles. The number of benzene rings is 2. The molecule has 0 saturated heterocycles. The molecule has 0 amide bonds. The molecule has 0 spiro atoms. The first-order chi connectivity index (χ1) is 10.2. The second kappa shape index (κ2) is 5.63. The fourth-order valence-corrected chi connectivity index (χ4v) is 4.95. The van der Waals surface area contributed by atoms with Crippen molar-refractivity contribution < 1.29 is 8.96 Å². The third-order valence-electron chi connectivity index (χ3n) is 3.33. The first kappa shape index (κ1) is 13.7. The van der Waals surface area contributed by atoms with Gasteiger partial charge in [0.1, 0.15) is 5.82 Å². The summed E-state index contributed by atoms with van der Waals surface area (Å²) in [4.78, 5) is 3.95. The first-order valence-corrected chi connectivity index (χ1v) is 8.25. The second-order valence-corrected chi connectivity index (χ2v) is 7.34. The molecule has 1 aromatic heterocycles. The zero-order valence-electron chi connectivity index (χ0n) is 11.2. The van der Waals surface area contributed by atoms with E-state index in [2.05, 4.69) is 4.98 Å². The maximum atomic E-state index is 14.2. The Morgan fingerprint density at radius 3 is 1.81 bits per heavy atom. The van der Waals surface area contributed by atoms with Crippen molar-refractivity contribution in [1.29, 1.82) is 0 Å². The van der Waals surface area contributed by atoms with Crippen molar-refractivity contribution in [3.8, 4) is 0 Å². The molecule has 0 aliphatic rings. The Labute approximate surface area is 122 Å². The summed E-state index contributed by atoms with van der Waals surface area (Å²) in [5.74, 6) is -0.499. The minimum absolute atomic E-state index is 0.141. The number of rotatable bonds is 3. The van der Waals surface area contributed by atoms with E-state index in [1.807, 2.05) is 12.1 Å². The average molecular weight is 297 g/mol. The molecule has 0 saturated carbocycles. The van der Waals surface area contributed by atoms with Crippen molar-refractivity contribution in [2.75, 3.05) is 0 Å². The van der Waals surface area contributed by atoms with E-state index in [1.54, 1.807) is 48.5 Å². The lowest BCUT2D eigenvalue weighted by atomic mass is 10.4. The lowest BCUT2D eigenvalue weighted by Gasteiger charge is -2.19. The Hall–Kier alpha value is -2.25. The summed E-state index contributed by atoms with van der Waals surface area (Å²) in [6, 6.07) is 19.2. The van der Waals surface area contributed by atoms with E-state index < -0.39 is 13.0 Å². The van der Waals surface area contributed by atoms with Crippen LogP contribution in [0, 0.1) is 5.82 Å². The van der Waals surface area contributed by atoms with Gasteiger partial charge in [0.05, 0.1) is 5.30 Å². The molecule has 0 fully saturated rings. The molecule has 3 aromatic rings. The van der Waals surface area contributed by atoms with Crippen LogP contribution in [0.1, 0.15) is 0 Å². The summed E-state index contributed by atoms with van der Waals surface area (Å²) in [5.41, 5.74) is 0. The predicted molar refractivity (Wildman–Crippen MR) is 83.6 cm³/mol. The van der Waals surface area contributed by atoms with Crippen LogP contribution in [-0.2, 0) is 4.57 Å². The quantitative estimate of drug-likeness (QED) is 0.696. The molecule has 2 aromatic carbocycles. The van der Waals surface area contributed by atoms with E-state index in [4.69, 9.17) is 0 Å². The highest BCUT2D eigenvalue weighted by Crippen LogP contribution is 2.42. The molecule has 0 unspecified atom stereocenters. The number of halogens is 1. The van der Waals surface area contributed by atoms with Crippen molar-refractivity contribution in [3.63, 3.8) is 0 Å². The van der Waals surface area contributed by atoms with Crippen LogP contribution >= 0.6 is 7.14 Å². The third-order valence-corrected chi connectivity index (χ3v) is 6.39. The zero-order valence-corrected chi connectivity index (χ0v) is 12.1. The molecule has 0 bridgehead atoms. The van der Waals surface area contributed by atoms with Gasteiger partial charge in [-0.1, -0.05) is 60.7 Å². The van der Waals surface area contributed by atoms with Crippen molar-refractivity contribution in [3.05, 3.63) is 84.9 Å².